The number of rotatable bonds is 11. The van der Waals surface area contributed by atoms with Crippen LogP contribution in [0.15, 0.2) is 24.3 Å². The minimum absolute atomic E-state index is 0.0691. The highest BCUT2D eigenvalue weighted by Gasteiger charge is 2.26. The first-order valence-corrected chi connectivity index (χ1v) is 8.53. The lowest BCUT2D eigenvalue weighted by Gasteiger charge is -2.19. The lowest BCUT2D eigenvalue weighted by atomic mass is 10.1. The van der Waals surface area contributed by atoms with Gasteiger partial charge in [0.2, 0.25) is 17.7 Å². The Bertz CT molecular complexity index is 725. The molecule has 0 aromatic heterocycles. The van der Waals surface area contributed by atoms with E-state index in [1.165, 1.54) is 12.1 Å². The Morgan fingerprint density at radius 1 is 0.931 bits per heavy atom. The highest BCUT2D eigenvalue weighted by Crippen LogP contribution is 2.10. The van der Waals surface area contributed by atoms with Gasteiger partial charge in [0.05, 0.1) is 25.8 Å². The van der Waals surface area contributed by atoms with E-state index in [1.807, 2.05) is 5.32 Å². The maximum absolute atomic E-state index is 12.0. The standard InChI is InChI=1S/C17H24N4O8/c18-11(5-9-1-3-10(24)4-2-9)15(26)19-6-14(25)20-12(7-22)16(27)21-13(8-23)17(28)29/h1-4,11-13,22-24H,5-8,18H2,(H,19,26)(H,20,25)(H,21,27)(H,28,29). The van der Waals surface area contributed by atoms with Crippen LogP contribution in [0.2, 0.25) is 0 Å². The first-order chi connectivity index (χ1) is 13.7. The summed E-state index contributed by atoms with van der Waals surface area (Å²) in [4.78, 5) is 46.5. The minimum Gasteiger partial charge on any atom is -0.508 e. The Kier molecular flexibility index (Phi) is 9.51. The SMILES string of the molecule is NC(Cc1ccc(O)cc1)C(=O)NCC(=O)NC(CO)C(=O)NC(CO)C(=O)O. The number of carbonyl (C=O) groups excluding carboxylic acids is 3. The average Bonchev–Trinajstić information content (AvgIpc) is 2.69. The second-order valence-corrected chi connectivity index (χ2v) is 6.08. The van der Waals surface area contributed by atoms with Crippen molar-refractivity contribution in [2.75, 3.05) is 19.8 Å². The highest BCUT2D eigenvalue weighted by molar-refractivity contribution is 5.92. The van der Waals surface area contributed by atoms with E-state index >= 15 is 0 Å². The molecule has 9 N–H and O–H groups in total. The first-order valence-electron chi connectivity index (χ1n) is 8.53. The topological polar surface area (TPSA) is 211 Å². The van der Waals surface area contributed by atoms with Crippen molar-refractivity contribution in [3.63, 3.8) is 0 Å². The second kappa shape index (κ2) is 11.6. The van der Waals surface area contributed by atoms with Crippen molar-refractivity contribution in [1.82, 2.24) is 16.0 Å². The Morgan fingerprint density at radius 2 is 1.52 bits per heavy atom. The van der Waals surface area contributed by atoms with Gasteiger partial charge in [-0.3, -0.25) is 14.4 Å². The van der Waals surface area contributed by atoms with Crippen LogP contribution in [0.1, 0.15) is 5.56 Å². The fourth-order valence-electron chi connectivity index (χ4n) is 2.17. The number of hydrogen-bond donors (Lipinski definition) is 8. The van der Waals surface area contributed by atoms with E-state index in [9.17, 15) is 29.4 Å². The van der Waals surface area contributed by atoms with Crippen molar-refractivity contribution >= 4 is 23.7 Å². The molecule has 12 heteroatoms. The van der Waals surface area contributed by atoms with E-state index in [0.717, 1.165) is 0 Å². The fourth-order valence-corrected chi connectivity index (χ4v) is 2.17. The third kappa shape index (κ3) is 8.13. The summed E-state index contributed by atoms with van der Waals surface area (Å²) in [6.07, 6.45) is 0.160. The van der Waals surface area contributed by atoms with Gasteiger partial charge in [-0.25, -0.2) is 4.79 Å². The quantitative estimate of drug-likeness (QED) is 0.180. The summed E-state index contributed by atoms with van der Waals surface area (Å²) < 4.78 is 0. The van der Waals surface area contributed by atoms with Crippen molar-refractivity contribution < 1.29 is 39.6 Å². The molecule has 3 atom stereocenters. The Balaban J connectivity index is 2.48. The molecular weight excluding hydrogens is 388 g/mol. The maximum atomic E-state index is 12.0. The number of benzene rings is 1. The summed E-state index contributed by atoms with van der Waals surface area (Å²) in [5, 5.41) is 42.4. The van der Waals surface area contributed by atoms with Crippen LogP contribution < -0.4 is 21.7 Å². The number of nitrogens with two attached hydrogens (primary N) is 1. The summed E-state index contributed by atoms with van der Waals surface area (Å²) in [6.45, 7) is -2.24. The van der Waals surface area contributed by atoms with E-state index in [4.69, 9.17) is 15.9 Å². The molecule has 1 rings (SSSR count). The number of aliphatic hydroxyl groups is 2. The largest absolute Gasteiger partial charge is 0.508 e. The number of phenols is 1. The Labute approximate surface area is 165 Å². The summed E-state index contributed by atoms with van der Waals surface area (Å²) in [7, 11) is 0. The molecule has 0 spiro atoms. The molecule has 0 aliphatic rings. The van der Waals surface area contributed by atoms with Crippen molar-refractivity contribution in [2.24, 2.45) is 5.73 Å². The van der Waals surface area contributed by atoms with Crippen LogP contribution in [0.4, 0.5) is 0 Å². The van der Waals surface area contributed by atoms with Gasteiger partial charge in [-0.2, -0.15) is 0 Å². The predicted molar refractivity (Wildman–Crippen MR) is 98.5 cm³/mol. The number of aromatic hydroxyl groups is 1. The molecule has 1 aromatic carbocycles. The number of hydrogen-bond acceptors (Lipinski definition) is 8. The molecule has 0 saturated carbocycles. The number of phenolic OH excluding ortho intramolecular Hbond substituents is 1. The molecule has 1 aromatic rings. The number of amides is 3. The third-order valence-electron chi connectivity index (χ3n) is 3.78. The molecule has 3 amide bonds. The van der Waals surface area contributed by atoms with E-state index in [2.05, 4.69) is 10.6 Å². The zero-order valence-corrected chi connectivity index (χ0v) is 15.4. The normalized spacial score (nSPS) is 13.6. The zero-order valence-electron chi connectivity index (χ0n) is 15.4. The number of carboxylic acids is 1. The van der Waals surface area contributed by atoms with Gasteiger partial charge >= 0.3 is 5.97 Å². The van der Waals surface area contributed by atoms with Crippen LogP contribution in [0.25, 0.3) is 0 Å². The summed E-state index contributed by atoms with van der Waals surface area (Å²) in [5.41, 5.74) is 6.46. The molecule has 29 heavy (non-hydrogen) atoms. The molecule has 0 heterocycles. The summed E-state index contributed by atoms with van der Waals surface area (Å²) in [6, 6.07) is 2.04. The Hall–Kier alpha value is -3.22. The van der Waals surface area contributed by atoms with Gasteiger partial charge < -0.3 is 42.1 Å². The number of aliphatic hydroxyl groups excluding tert-OH is 2. The van der Waals surface area contributed by atoms with Gasteiger partial charge in [0.1, 0.15) is 17.8 Å². The van der Waals surface area contributed by atoms with Crippen LogP contribution in [0.5, 0.6) is 5.75 Å². The van der Waals surface area contributed by atoms with Gasteiger partial charge in [0.25, 0.3) is 0 Å². The Morgan fingerprint density at radius 3 is 2.03 bits per heavy atom. The molecule has 0 aliphatic carbocycles. The van der Waals surface area contributed by atoms with Crippen molar-refractivity contribution in [3.8, 4) is 5.75 Å². The van der Waals surface area contributed by atoms with Crippen molar-refractivity contribution in [3.05, 3.63) is 29.8 Å². The molecule has 3 unspecified atom stereocenters. The van der Waals surface area contributed by atoms with E-state index in [0.29, 0.717) is 5.56 Å². The lowest BCUT2D eigenvalue weighted by molar-refractivity contribution is -0.143. The van der Waals surface area contributed by atoms with Crippen LogP contribution in [-0.4, -0.2) is 82.0 Å². The monoisotopic (exact) mass is 412 g/mol. The average molecular weight is 412 g/mol. The number of aliphatic carboxylic acids is 1. The highest BCUT2D eigenvalue weighted by atomic mass is 16.4. The fraction of sp³-hybridized carbons (Fsp3) is 0.412. The maximum Gasteiger partial charge on any atom is 0.328 e. The predicted octanol–water partition coefficient (Wildman–Crippen LogP) is -3.58. The molecule has 0 fully saturated rings. The number of carbonyl (C=O) groups is 4. The van der Waals surface area contributed by atoms with E-state index in [1.54, 1.807) is 12.1 Å². The number of carboxylic acid groups (broad SMARTS) is 1. The van der Waals surface area contributed by atoms with Gasteiger partial charge in [-0.15, -0.1) is 0 Å². The van der Waals surface area contributed by atoms with Crippen LogP contribution in [0.3, 0.4) is 0 Å². The summed E-state index contributed by atoms with van der Waals surface area (Å²) >= 11 is 0. The third-order valence-corrected chi connectivity index (χ3v) is 3.78. The molecule has 0 saturated heterocycles. The van der Waals surface area contributed by atoms with Crippen LogP contribution in [-0.2, 0) is 25.6 Å². The van der Waals surface area contributed by atoms with E-state index in [-0.39, 0.29) is 12.2 Å². The molecule has 12 nitrogen and oxygen atoms in total. The molecule has 0 bridgehead atoms. The second-order valence-electron chi connectivity index (χ2n) is 6.08. The molecule has 0 aliphatic heterocycles. The minimum atomic E-state index is -1.59. The zero-order chi connectivity index (χ0) is 22.0. The smallest absolute Gasteiger partial charge is 0.328 e. The van der Waals surface area contributed by atoms with Gasteiger partial charge in [0, 0.05) is 0 Å². The van der Waals surface area contributed by atoms with Crippen molar-refractivity contribution in [1.29, 1.82) is 0 Å². The van der Waals surface area contributed by atoms with Gasteiger partial charge in [0.15, 0.2) is 0 Å². The molecular formula is C17H24N4O8. The lowest BCUT2D eigenvalue weighted by Crippen LogP contribution is -2.55. The van der Waals surface area contributed by atoms with Crippen molar-refractivity contribution in [2.45, 2.75) is 24.5 Å². The van der Waals surface area contributed by atoms with Gasteiger partial charge in [-0.1, -0.05) is 12.1 Å². The number of nitrogens with one attached hydrogen (secondary N) is 3. The first kappa shape index (κ1) is 23.8. The molecule has 0 radical (unpaired) electrons. The van der Waals surface area contributed by atoms with Crippen LogP contribution in [0, 0.1) is 0 Å². The molecule has 160 valence electrons. The van der Waals surface area contributed by atoms with Gasteiger partial charge in [-0.05, 0) is 24.1 Å². The summed E-state index contributed by atoms with van der Waals surface area (Å²) in [5.74, 6) is -3.89. The van der Waals surface area contributed by atoms with Crippen LogP contribution >= 0.6 is 0 Å². The van der Waals surface area contributed by atoms with E-state index < -0.39 is 61.6 Å².